The van der Waals surface area contributed by atoms with E-state index in [9.17, 15) is 0 Å². The number of hydrogen-bond donors (Lipinski definition) is 0. The molecule has 0 saturated carbocycles. The Kier molecular flexibility index (Phi) is 31.3. The molecule has 0 amide bonds. The van der Waals surface area contributed by atoms with E-state index in [1.807, 2.05) is 24.7 Å². The van der Waals surface area contributed by atoms with Gasteiger partial charge in [0.1, 0.15) is 17.5 Å². The average molecular weight is 1570 g/mol. The van der Waals surface area contributed by atoms with Crippen LogP contribution in [-0.4, -0.2) is 142 Å². The number of aromatic nitrogens is 3. The number of fused-ring (bicyclic) bond motifs is 3. The summed E-state index contributed by atoms with van der Waals surface area (Å²) in [5.41, 5.74) is 16.9. The standard InChI is InChI=1S/2C18H19N3O.C17H16BrN3O.2C12H27P.CH3.ClH.Pd.Zn/c2*1-13-2-3-15-12-20-18(16(15)10-13)14-4-5-19-17(11-14)21-6-8-22-9-7-21;18-14-2-1-13-11-20-17(15(13)10-14)12-3-4-19-16(9-12)21-5-7-22-8-6-21;2*1-10(2,3)13(11(4,5)6)12(7,8)9;;;;/h2*2-5,10-11H,6-9,12H2,1H3;1-4,9-10H,5-8,11H2;2*1-9H3;1H3;1H;;/q;;;;;-1;;;+2/p-1. The summed E-state index contributed by atoms with van der Waals surface area (Å²) in [4.78, 5) is 34.6. The van der Waals surface area contributed by atoms with Gasteiger partial charge in [0.05, 0.1) is 76.4 Å². The van der Waals surface area contributed by atoms with Crippen LogP contribution in [-0.2, 0) is 71.6 Å². The number of hydrogen-bond acceptors (Lipinski definition) is 12. The molecule has 12 rings (SSSR count). The van der Waals surface area contributed by atoms with Gasteiger partial charge >= 0.3 is 27.0 Å². The summed E-state index contributed by atoms with van der Waals surface area (Å²) in [6.07, 6.45) is 5.64. The number of rotatable bonds is 6. The van der Waals surface area contributed by atoms with Crippen molar-refractivity contribution in [2.24, 2.45) is 15.0 Å². The number of benzene rings is 3. The predicted octanol–water partition coefficient (Wildman–Crippen LogP) is 19.0. The maximum Gasteiger partial charge on any atom is 0 e. The third kappa shape index (κ3) is 23.2. The minimum atomic E-state index is 0. The molecule has 9 heterocycles. The van der Waals surface area contributed by atoms with E-state index in [0.717, 1.165) is 172 Å². The molecule has 12 nitrogen and oxygen atoms in total. The number of halogens is 2. The Labute approximate surface area is 618 Å². The normalized spacial score (nSPS) is 16.1. The molecule has 0 radical (unpaired) electrons. The molecule has 3 aromatic heterocycles. The van der Waals surface area contributed by atoms with Gasteiger partial charge in [-0.15, -0.1) is 0 Å². The summed E-state index contributed by atoms with van der Waals surface area (Å²) in [5, 5.41) is 2.70. The first kappa shape index (κ1) is 83.0. The van der Waals surface area contributed by atoms with Gasteiger partial charge in [-0.25, -0.2) is 15.0 Å². The molecule has 0 spiro atoms. The van der Waals surface area contributed by atoms with E-state index in [4.69, 9.17) is 38.9 Å². The van der Waals surface area contributed by atoms with Gasteiger partial charge in [-0.2, -0.15) is 0 Å². The molecule has 0 unspecified atom stereocenters. The first-order valence-corrected chi connectivity index (χ1v) is 40.9. The molecule has 3 aromatic carbocycles. The maximum atomic E-state index is 5.42. The van der Waals surface area contributed by atoms with Gasteiger partial charge in [0, 0.05) is 116 Å². The van der Waals surface area contributed by atoms with Gasteiger partial charge in [0.25, 0.3) is 0 Å². The molecule has 3 saturated heterocycles. The van der Waals surface area contributed by atoms with Crippen LogP contribution in [0.25, 0.3) is 0 Å². The molecule has 0 atom stereocenters. The molecule has 6 aliphatic heterocycles. The molecule has 522 valence electrons. The summed E-state index contributed by atoms with van der Waals surface area (Å²) in [7, 11) is 4.80. The Morgan fingerprint density at radius 2 is 0.635 bits per heavy atom. The zero-order valence-corrected chi connectivity index (χ0v) is 70.6. The molecule has 0 bridgehead atoms. The Morgan fingerprint density at radius 1 is 0.385 bits per heavy atom. The molecule has 3 fully saturated rings. The SMILES string of the molecule is Brc1ccc2c(c1)C(c1ccnc(N3CCOCC3)c1)=NC2.CC(C)(C)P(C(C)(C)C)C(C)(C)C.CC(C)(C)P(C(C)(C)C)C(C)(C)C.Cc1ccc2c(c1)C(c1ccnc(N3CCOCC3)c1)=NC2.Cc1ccc2c(c1)C(c1ccnc(N3CCOCC3)c1)=NC2.[CH3-].[Cl][Zn+].[Pd]. The summed E-state index contributed by atoms with van der Waals surface area (Å²) >= 11 is 4.40. The van der Waals surface area contributed by atoms with E-state index in [1.54, 1.807) is 0 Å². The van der Waals surface area contributed by atoms with Crippen molar-refractivity contribution in [3.8, 4) is 0 Å². The van der Waals surface area contributed by atoms with Crippen LogP contribution in [0.4, 0.5) is 17.5 Å². The summed E-state index contributed by atoms with van der Waals surface area (Å²) in [5.74, 6) is 3.04. The number of nitrogens with zero attached hydrogens (tertiary/aromatic N) is 9. The summed E-state index contributed by atoms with van der Waals surface area (Å²) in [6, 6.07) is 32.1. The quantitative estimate of drug-likeness (QED) is 0.0914. The molecule has 96 heavy (non-hydrogen) atoms. The van der Waals surface area contributed by atoms with E-state index in [2.05, 4.69) is 269 Å². The minimum absolute atomic E-state index is 0. The third-order valence-electron chi connectivity index (χ3n) is 16.7. The second kappa shape index (κ2) is 36.3. The van der Waals surface area contributed by atoms with E-state index >= 15 is 0 Å². The first-order chi connectivity index (χ1) is 44.2. The maximum absolute atomic E-state index is 5.42. The van der Waals surface area contributed by atoms with E-state index in [-0.39, 0.29) is 43.7 Å². The molecule has 6 aliphatic rings. The molecule has 0 N–H and O–H groups in total. The molecule has 0 aliphatic carbocycles. The van der Waals surface area contributed by atoms with Gasteiger partial charge < -0.3 is 36.3 Å². The van der Waals surface area contributed by atoms with Gasteiger partial charge in [-0.05, 0) is 122 Å². The number of pyridine rings is 3. The van der Waals surface area contributed by atoms with E-state index < -0.39 is 0 Å². The van der Waals surface area contributed by atoms with E-state index in [1.165, 1.54) is 44.5 Å². The fraction of sp³-hybridized carbons (Fsp3) is 0.526. The summed E-state index contributed by atoms with van der Waals surface area (Å²) < 4.78 is 17.3. The third-order valence-corrected chi connectivity index (χ3v) is 25.2. The van der Waals surface area contributed by atoms with Crippen LogP contribution >= 0.6 is 41.5 Å². The predicted molar refractivity (Wildman–Crippen MR) is 411 cm³/mol. The van der Waals surface area contributed by atoms with Gasteiger partial charge in [0.2, 0.25) is 0 Å². The second-order valence-corrected chi connectivity index (χ2v) is 41.1. The van der Waals surface area contributed by atoms with Crippen molar-refractivity contribution in [2.45, 2.75) is 189 Å². The van der Waals surface area contributed by atoms with Crippen molar-refractivity contribution < 1.29 is 51.9 Å². The smallest absolute Gasteiger partial charge is 0 e. The Morgan fingerprint density at radius 3 is 0.885 bits per heavy atom. The van der Waals surface area contributed by atoms with Crippen LogP contribution in [0, 0.1) is 21.3 Å². The molecule has 18 heteroatoms. The Balaban J connectivity index is 0.000000219. The second-order valence-electron chi connectivity index (χ2n) is 30.8. The number of morpholine rings is 3. The molecular formula is C78H111BrClN9O3P2PdZn. The fourth-order valence-electron chi connectivity index (χ4n) is 15.1. The zero-order valence-electron chi connectivity index (χ0n) is 61.9. The zero-order chi connectivity index (χ0) is 69.0. The number of aliphatic imine (C=N–C) groups is 3. The van der Waals surface area contributed by atoms with Crippen molar-refractivity contribution >= 4 is 76.1 Å². The largest absolute Gasteiger partial charge is 0 e. The van der Waals surface area contributed by atoms with Crippen LogP contribution in [0.3, 0.4) is 0 Å². The van der Waals surface area contributed by atoms with Gasteiger partial charge in [0.15, 0.2) is 0 Å². The Hall–Kier alpha value is -3.68. The number of anilines is 3. The first-order valence-electron chi connectivity index (χ1n) is 33.5. The number of ether oxygens (including phenoxy) is 3. The molecular weight excluding hydrogens is 1460 g/mol. The van der Waals surface area contributed by atoms with Crippen LogP contribution in [0.1, 0.15) is 186 Å². The van der Waals surface area contributed by atoms with Crippen molar-refractivity contribution in [3.05, 3.63) is 183 Å². The van der Waals surface area contributed by atoms with Gasteiger partial charge in [-0.1, -0.05) is 198 Å². The van der Waals surface area contributed by atoms with Crippen molar-refractivity contribution in [1.82, 2.24) is 15.0 Å². The van der Waals surface area contributed by atoms with Crippen LogP contribution in [0.5, 0.6) is 0 Å². The topological polar surface area (TPSA) is 113 Å². The van der Waals surface area contributed by atoms with Crippen molar-refractivity contribution in [2.75, 3.05) is 93.6 Å². The average Bonchev–Trinajstić information content (AvgIpc) is 1.48. The van der Waals surface area contributed by atoms with Crippen LogP contribution in [0.15, 0.2) is 129 Å². The van der Waals surface area contributed by atoms with Crippen LogP contribution in [0.2, 0.25) is 0 Å². The van der Waals surface area contributed by atoms with Crippen molar-refractivity contribution in [1.29, 1.82) is 0 Å². The fourth-order valence-corrected chi connectivity index (χ4v) is 27.6. The Bertz CT molecular complexity index is 3160. The minimum Gasteiger partial charge on any atom is 0 e. The summed E-state index contributed by atoms with van der Waals surface area (Å²) in [6.45, 7) is 59.5. The van der Waals surface area contributed by atoms with Crippen LogP contribution < -0.4 is 14.7 Å². The van der Waals surface area contributed by atoms with Gasteiger partial charge in [-0.3, -0.25) is 15.0 Å². The molecule has 6 aromatic rings. The monoisotopic (exact) mass is 1570 g/mol. The number of aryl methyl sites for hydroxylation is 2. The van der Waals surface area contributed by atoms with E-state index in [0.29, 0.717) is 30.9 Å². The van der Waals surface area contributed by atoms with Crippen molar-refractivity contribution in [3.63, 3.8) is 0 Å².